The molecule has 0 aromatic carbocycles. The zero-order valence-electron chi connectivity index (χ0n) is 23.0. The maximum absolute atomic E-state index is 13.2. The zero-order chi connectivity index (χ0) is 25.9. The molecule has 5 nitrogen and oxygen atoms in total. The quantitative estimate of drug-likeness (QED) is 0.450. The number of rotatable bonds is 5. The van der Waals surface area contributed by atoms with Crippen LogP contribution in [0.15, 0.2) is 0 Å². The Morgan fingerprint density at radius 3 is 2.17 bits per heavy atom. The summed E-state index contributed by atoms with van der Waals surface area (Å²) >= 11 is 0. The average Bonchev–Trinajstić information content (AvgIpc) is 3.15. The van der Waals surface area contributed by atoms with Crippen molar-refractivity contribution in [2.75, 3.05) is 0 Å². The molecule has 4 fully saturated rings. The molecule has 0 saturated heterocycles. The number of carbonyl (C=O) groups excluding carboxylic acids is 1. The van der Waals surface area contributed by atoms with Gasteiger partial charge in [0.2, 0.25) is 0 Å². The number of carbonyl (C=O) groups is 1. The van der Waals surface area contributed by atoms with Crippen LogP contribution in [0.4, 0.5) is 0 Å². The molecule has 4 aliphatic carbocycles. The van der Waals surface area contributed by atoms with E-state index in [9.17, 15) is 25.2 Å². The summed E-state index contributed by atoms with van der Waals surface area (Å²) in [4.78, 5) is 13.2. The molecule has 0 spiro atoms. The molecular formula is C30H52O5. The van der Waals surface area contributed by atoms with Gasteiger partial charge in [0.05, 0.1) is 24.4 Å². The van der Waals surface area contributed by atoms with Crippen LogP contribution in [0.2, 0.25) is 0 Å². The Balaban J connectivity index is 1.59. The first-order valence-electron chi connectivity index (χ1n) is 14.6. The van der Waals surface area contributed by atoms with Crippen molar-refractivity contribution in [2.24, 2.45) is 58.2 Å². The second-order valence-corrected chi connectivity index (χ2v) is 14.0. The van der Waals surface area contributed by atoms with E-state index in [0.717, 1.165) is 38.5 Å². The number of hydrogen-bond acceptors (Lipinski definition) is 5. The van der Waals surface area contributed by atoms with Gasteiger partial charge in [-0.05, 0) is 104 Å². The molecule has 0 amide bonds. The van der Waals surface area contributed by atoms with Crippen LogP contribution < -0.4 is 0 Å². The standard InChI is InChI=1S/C30H52O5/c1-16(2)17(3)27(34)28(35)18(4)20-10-11-21-19-8-7-9-24(31)23-14-25(32)26(33)15-30(23,6)22(19)12-13-29(20,21)5/h16-23,25-28,32-35H,7-15H2,1-6H3/t17-,18-,19?,20+,21?,22?,23-,25-,26+,27+,28+,29+,30+/m0/s1. The molecule has 4 rings (SSSR count). The van der Waals surface area contributed by atoms with Crippen molar-refractivity contribution in [3.63, 3.8) is 0 Å². The summed E-state index contributed by atoms with van der Waals surface area (Å²) in [6, 6.07) is 0. The molecule has 0 aromatic heterocycles. The van der Waals surface area contributed by atoms with Gasteiger partial charge in [0, 0.05) is 12.3 Å². The van der Waals surface area contributed by atoms with Crippen molar-refractivity contribution in [1.29, 1.82) is 0 Å². The fourth-order valence-electron chi connectivity index (χ4n) is 9.66. The van der Waals surface area contributed by atoms with Crippen molar-refractivity contribution in [1.82, 2.24) is 0 Å². The van der Waals surface area contributed by atoms with E-state index in [4.69, 9.17) is 0 Å². The molecule has 3 unspecified atom stereocenters. The predicted octanol–water partition coefficient (Wildman–Crippen LogP) is 4.59. The Kier molecular flexibility index (Phi) is 7.87. The van der Waals surface area contributed by atoms with Crippen LogP contribution in [0.5, 0.6) is 0 Å². The second kappa shape index (κ2) is 10.0. The molecule has 4 N–H and O–H groups in total. The minimum Gasteiger partial charge on any atom is -0.390 e. The van der Waals surface area contributed by atoms with Gasteiger partial charge in [-0.2, -0.15) is 0 Å². The smallest absolute Gasteiger partial charge is 0.136 e. The third kappa shape index (κ3) is 4.55. The molecular weight excluding hydrogens is 440 g/mol. The van der Waals surface area contributed by atoms with Crippen molar-refractivity contribution in [3.05, 3.63) is 0 Å². The lowest BCUT2D eigenvalue weighted by molar-refractivity contribution is -0.161. The van der Waals surface area contributed by atoms with Crippen molar-refractivity contribution in [2.45, 2.75) is 124 Å². The van der Waals surface area contributed by atoms with Crippen LogP contribution in [0.1, 0.15) is 99.3 Å². The summed E-state index contributed by atoms with van der Waals surface area (Å²) in [5.74, 6) is 2.41. The lowest BCUT2D eigenvalue weighted by atomic mass is 9.46. The average molecular weight is 493 g/mol. The van der Waals surface area contributed by atoms with Gasteiger partial charge in [-0.3, -0.25) is 4.79 Å². The summed E-state index contributed by atoms with van der Waals surface area (Å²) in [6.45, 7) is 13.1. The Hall–Kier alpha value is -0.490. The number of Topliss-reactive ketones (excluding diaryl/α,β-unsaturated/α-hetero) is 1. The first kappa shape index (κ1) is 27.5. The normalized spacial score (nSPS) is 47.6. The van der Waals surface area contributed by atoms with E-state index in [0.29, 0.717) is 54.6 Å². The molecule has 0 heterocycles. The molecule has 5 heteroatoms. The molecule has 4 saturated carbocycles. The van der Waals surface area contributed by atoms with Crippen LogP contribution >= 0.6 is 0 Å². The molecule has 0 aliphatic heterocycles. The van der Waals surface area contributed by atoms with Gasteiger partial charge in [-0.25, -0.2) is 0 Å². The van der Waals surface area contributed by atoms with Gasteiger partial charge in [-0.15, -0.1) is 0 Å². The lowest BCUT2D eigenvalue weighted by Crippen LogP contribution is -2.57. The third-order valence-electron chi connectivity index (χ3n) is 12.2. The summed E-state index contributed by atoms with van der Waals surface area (Å²) in [5.41, 5.74) is -0.127. The van der Waals surface area contributed by atoms with Crippen LogP contribution in [-0.4, -0.2) is 50.6 Å². The predicted molar refractivity (Wildman–Crippen MR) is 137 cm³/mol. The van der Waals surface area contributed by atoms with Crippen molar-refractivity contribution in [3.8, 4) is 0 Å². The largest absolute Gasteiger partial charge is 0.390 e. The maximum Gasteiger partial charge on any atom is 0.136 e. The van der Waals surface area contributed by atoms with Crippen molar-refractivity contribution >= 4 is 5.78 Å². The number of aliphatic hydroxyl groups is 4. The highest BCUT2D eigenvalue weighted by Gasteiger charge is 2.61. The minimum atomic E-state index is -0.790. The van der Waals surface area contributed by atoms with Crippen molar-refractivity contribution < 1.29 is 25.2 Å². The maximum atomic E-state index is 13.2. The summed E-state index contributed by atoms with van der Waals surface area (Å²) < 4.78 is 0. The Labute approximate surface area is 213 Å². The van der Waals surface area contributed by atoms with Gasteiger partial charge in [0.25, 0.3) is 0 Å². The third-order valence-corrected chi connectivity index (χ3v) is 12.2. The molecule has 0 bridgehead atoms. The van der Waals surface area contributed by atoms with E-state index < -0.39 is 24.4 Å². The van der Waals surface area contributed by atoms with E-state index in [2.05, 4.69) is 34.6 Å². The Morgan fingerprint density at radius 1 is 0.857 bits per heavy atom. The second-order valence-electron chi connectivity index (χ2n) is 14.0. The topological polar surface area (TPSA) is 98.0 Å². The van der Waals surface area contributed by atoms with Crippen LogP contribution in [0.3, 0.4) is 0 Å². The van der Waals surface area contributed by atoms with Gasteiger partial charge in [-0.1, -0.05) is 41.5 Å². The number of aliphatic hydroxyl groups excluding tert-OH is 4. The molecule has 202 valence electrons. The lowest BCUT2D eigenvalue weighted by Gasteiger charge is -2.59. The van der Waals surface area contributed by atoms with E-state index in [-0.39, 0.29) is 28.6 Å². The zero-order valence-corrected chi connectivity index (χ0v) is 23.0. The molecule has 0 aromatic rings. The van der Waals surface area contributed by atoms with Gasteiger partial charge >= 0.3 is 0 Å². The fourth-order valence-corrected chi connectivity index (χ4v) is 9.66. The van der Waals surface area contributed by atoms with Crippen LogP contribution in [0, 0.1) is 58.2 Å². The Morgan fingerprint density at radius 2 is 1.51 bits per heavy atom. The number of fused-ring (bicyclic) bond motifs is 5. The highest BCUT2D eigenvalue weighted by atomic mass is 16.3. The van der Waals surface area contributed by atoms with Gasteiger partial charge < -0.3 is 20.4 Å². The monoisotopic (exact) mass is 492 g/mol. The summed E-state index contributed by atoms with van der Waals surface area (Å²) in [6.07, 6.45) is 4.91. The highest BCUT2D eigenvalue weighted by molar-refractivity contribution is 5.82. The SMILES string of the molecule is CC(C)[C@H](C)[C@@H](O)[C@H](O)[C@@H](C)[C@H]1CCC2C3CCCC(=O)[C@@H]4C[C@H](O)[C@H](O)C[C@]4(C)C3CC[C@@]21C. The minimum absolute atomic E-state index is 0.0443. The first-order valence-corrected chi connectivity index (χ1v) is 14.6. The molecule has 4 aliphatic rings. The van der Waals surface area contributed by atoms with E-state index in [1.807, 2.05) is 6.92 Å². The van der Waals surface area contributed by atoms with Gasteiger partial charge in [0.15, 0.2) is 0 Å². The molecule has 35 heavy (non-hydrogen) atoms. The van der Waals surface area contributed by atoms with E-state index >= 15 is 0 Å². The summed E-state index contributed by atoms with van der Waals surface area (Å²) in [5, 5.41) is 43.2. The molecule has 13 atom stereocenters. The fraction of sp³-hybridized carbons (Fsp3) is 0.967. The number of hydrogen-bond donors (Lipinski definition) is 4. The van der Waals surface area contributed by atoms with Crippen LogP contribution in [-0.2, 0) is 4.79 Å². The Bertz CT molecular complexity index is 768. The molecule has 0 radical (unpaired) electrons. The number of ketones is 1. The highest BCUT2D eigenvalue weighted by Crippen LogP contribution is 2.66. The van der Waals surface area contributed by atoms with E-state index in [1.54, 1.807) is 0 Å². The van der Waals surface area contributed by atoms with E-state index in [1.165, 1.54) is 0 Å². The summed E-state index contributed by atoms with van der Waals surface area (Å²) in [7, 11) is 0. The first-order chi connectivity index (χ1) is 16.3. The van der Waals surface area contributed by atoms with Gasteiger partial charge in [0.1, 0.15) is 5.78 Å². The van der Waals surface area contributed by atoms with Crippen LogP contribution in [0.25, 0.3) is 0 Å².